The summed E-state index contributed by atoms with van der Waals surface area (Å²) < 4.78 is 0. The molecule has 1 saturated heterocycles. The topological polar surface area (TPSA) is 15.3 Å². The Balaban J connectivity index is 2.17. The maximum atomic E-state index is 3.57. The van der Waals surface area contributed by atoms with E-state index in [-0.39, 0.29) is 0 Å². The first-order valence-corrected chi connectivity index (χ1v) is 7.63. The van der Waals surface area contributed by atoms with Crippen molar-refractivity contribution in [3.8, 4) is 0 Å². The van der Waals surface area contributed by atoms with E-state index in [1.165, 1.54) is 29.5 Å². The van der Waals surface area contributed by atoms with Gasteiger partial charge in [0, 0.05) is 31.7 Å². The van der Waals surface area contributed by atoms with Gasteiger partial charge in [0.1, 0.15) is 0 Å². The van der Waals surface area contributed by atoms with Crippen molar-refractivity contribution < 1.29 is 0 Å². The average molecular weight is 260 g/mol. The van der Waals surface area contributed by atoms with E-state index in [2.05, 4.69) is 56.1 Å². The Labute approximate surface area is 118 Å². The third kappa shape index (κ3) is 3.01. The Kier molecular flexibility index (Phi) is 4.64. The second-order valence-electron chi connectivity index (χ2n) is 5.95. The number of hydrogen-bond acceptors (Lipinski definition) is 2. The molecule has 1 aliphatic heterocycles. The van der Waals surface area contributed by atoms with Crippen LogP contribution >= 0.6 is 0 Å². The van der Waals surface area contributed by atoms with Gasteiger partial charge < -0.3 is 5.32 Å². The molecule has 1 heterocycles. The van der Waals surface area contributed by atoms with Gasteiger partial charge in [-0.25, -0.2) is 0 Å². The highest BCUT2D eigenvalue weighted by Crippen LogP contribution is 2.27. The lowest BCUT2D eigenvalue weighted by Gasteiger charge is -2.47. The summed E-state index contributed by atoms with van der Waals surface area (Å²) in [6.45, 7) is 13.5. The number of rotatable bonds is 4. The largest absolute Gasteiger partial charge is 0.314 e. The maximum absolute atomic E-state index is 3.57. The third-order valence-electron chi connectivity index (χ3n) is 4.94. The summed E-state index contributed by atoms with van der Waals surface area (Å²) in [7, 11) is 0. The number of nitrogens with zero attached hydrogens (tertiary/aromatic N) is 1. The van der Waals surface area contributed by atoms with E-state index < -0.39 is 0 Å². The average Bonchev–Trinajstić information content (AvgIpc) is 2.44. The van der Waals surface area contributed by atoms with E-state index in [1.54, 1.807) is 0 Å². The summed E-state index contributed by atoms with van der Waals surface area (Å²) in [6.07, 6.45) is 2.45. The third-order valence-corrected chi connectivity index (χ3v) is 4.94. The van der Waals surface area contributed by atoms with Crippen molar-refractivity contribution in [2.24, 2.45) is 0 Å². The van der Waals surface area contributed by atoms with Gasteiger partial charge in [0.2, 0.25) is 0 Å². The van der Waals surface area contributed by atoms with Crippen molar-refractivity contribution >= 4 is 0 Å². The monoisotopic (exact) mass is 260 g/mol. The Morgan fingerprint density at radius 1 is 1.16 bits per heavy atom. The molecular weight excluding hydrogens is 232 g/mol. The van der Waals surface area contributed by atoms with E-state index in [0.717, 1.165) is 26.2 Å². The van der Waals surface area contributed by atoms with Crippen LogP contribution in [0.1, 0.15) is 43.4 Å². The highest BCUT2D eigenvalue weighted by molar-refractivity contribution is 5.30. The first-order valence-electron chi connectivity index (χ1n) is 7.63. The molecule has 2 heteroatoms. The Morgan fingerprint density at radius 3 is 2.53 bits per heavy atom. The zero-order valence-electron chi connectivity index (χ0n) is 12.9. The quantitative estimate of drug-likeness (QED) is 0.894. The van der Waals surface area contributed by atoms with Gasteiger partial charge in [-0.05, 0) is 43.4 Å². The minimum absolute atomic E-state index is 0.344. The molecule has 106 valence electrons. The number of aryl methyl sites for hydroxylation is 2. The molecule has 19 heavy (non-hydrogen) atoms. The summed E-state index contributed by atoms with van der Waals surface area (Å²) in [6, 6.07) is 6.90. The van der Waals surface area contributed by atoms with Gasteiger partial charge in [-0.15, -0.1) is 0 Å². The highest BCUT2D eigenvalue weighted by atomic mass is 15.3. The fraction of sp³-hybridized carbons (Fsp3) is 0.647. The second kappa shape index (κ2) is 6.06. The first-order chi connectivity index (χ1) is 9.11. The van der Waals surface area contributed by atoms with Crippen LogP contribution in [0.4, 0.5) is 0 Å². The van der Waals surface area contributed by atoms with Gasteiger partial charge in [-0.1, -0.05) is 32.0 Å². The van der Waals surface area contributed by atoms with Crippen LogP contribution in [-0.2, 0) is 6.54 Å². The van der Waals surface area contributed by atoms with Gasteiger partial charge in [0.25, 0.3) is 0 Å². The van der Waals surface area contributed by atoms with Crippen LogP contribution in [0.15, 0.2) is 18.2 Å². The molecule has 0 unspecified atom stereocenters. The van der Waals surface area contributed by atoms with Crippen LogP contribution < -0.4 is 5.32 Å². The fourth-order valence-electron chi connectivity index (χ4n) is 3.20. The lowest BCUT2D eigenvalue weighted by molar-refractivity contribution is 0.0447. The molecule has 1 aromatic carbocycles. The lowest BCUT2D eigenvalue weighted by atomic mass is 9.88. The van der Waals surface area contributed by atoms with Crippen molar-refractivity contribution in [3.63, 3.8) is 0 Å². The molecule has 2 nitrogen and oxygen atoms in total. The molecule has 1 aliphatic rings. The van der Waals surface area contributed by atoms with Gasteiger partial charge in [-0.3, -0.25) is 4.90 Å². The Bertz CT molecular complexity index is 421. The van der Waals surface area contributed by atoms with E-state index >= 15 is 0 Å². The molecule has 0 amide bonds. The molecule has 1 aromatic rings. The Hall–Kier alpha value is -0.860. The zero-order chi connectivity index (χ0) is 13.9. The number of hydrogen-bond donors (Lipinski definition) is 1. The van der Waals surface area contributed by atoms with Gasteiger partial charge in [-0.2, -0.15) is 0 Å². The zero-order valence-corrected chi connectivity index (χ0v) is 12.9. The molecule has 0 atom stereocenters. The smallest absolute Gasteiger partial charge is 0.0332 e. The lowest BCUT2D eigenvalue weighted by Crippen LogP contribution is -2.60. The Morgan fingerprint density at radius 2 is 1.89 bits per heavy atom. The molecule has 2 rings (SSSR count). The SMILES string of the molecule is CCC1(CC)CNCCN1Cc1ccc(C)c(C)c1. The molecule has 0 aliphatic carbocycles. The highest BCUT2D eigenvalue weighted by Gasteiger charge is 2.35. The van der Waals surface area contributed by atoms with Crippen molar-refractivity contribution in [1.29, 1.82) is 0 Å². The van der Waals surface area contributed by atoms with Gasteiger partial charge >= 0.3 is 0 Å². The van der Waals surface area contributed by atoms with Crippen molar-refractivity contribution in [2.45, 2.75) is 52.6 Å². The fourth-order valence-corrected chi connectivity index (χ4v) is 3.20. The van der Waals surface area contributed by atoms with Crippen molar-refractivity contribution in [2.75, 3.05) is 19.6 Å². The number of piperazine rings is 1. The van der Waals surface area contributed by atoms with E-state index in [1.807, 2.05) is 0 Å². The summed E-state index contributed by atoms with van der Waals surface area (Å²) in [5, 5.41) is 3.57. The molecule has 0 saturated carbocycles. The molecule has 0 bridgehead atoms. The van der Waals surface area contributed by atoms with E-state index in [4.69, 9.17) is 0 Å². The van der Waals surface area contributed by atoms with E-state index in [9.17, 15) is 0 Å². The van der Waals surface area contributed by atoms with Crippen LogP contribution in [0.5, 0.6) is 0 Å². The van der Waals surface area contributed by atoms with Crippen molar-refractivity contribution in [3.05, 3.63) is 34.9 Å². The summed E-state index contributed by atoms with van der Waals surface area (Å²) in [5.74, 6) is 0. The molecular formula is C17H28N2. The summed E-state index contributed by atoms with van der Waals surface area (Å²) >= 11 is 0. The van der Waals surface area contributed by atoms with Gasteiger partial charge in [0.15, 0.2) is 0 Å². The summed E-state index contributed by atoms with van der Waals surface area (Å²) in [5.41, 5.74) is 4.60. The molecule has 0 radical (unpaired) electrons. The van der Waals surface area contributed by atoms with Gasteiger partial charge in [0.05, 0.1) is 0 Å². The number of nitrogens with one attached hydrogen (secondary N) is 1. The molecule has 0 spiro atoms. The molecule has 1 fully saturated rings. The minimum Gasteiger partial charge on any atom is -0.314 e. The van der Waals surface area contributed by atoms with Crippen LogP contribution in [0.3, 0.4) is 0 Å². The van der Waals surface area contributed by atoms with Crippen molar-refractivity contribution in [1.82, 2.24) is 10.2 Å². The standard InChI is InChI=1S/C17H28N2/c1-5-17(6-2)13-18-9-10-19(17)12-16-8-7-14(3)15(4)11-16/h7-8,11,18H,5-6,9-10,12-13H2,1-4H3. The predicted octanol–water partition coefficient (Wildman–Crippen LogP) is 3.27. The van der Waals surface area contributed by atoms with Crippen LogP contribution in [-0.4, -0.2) is 30.1 Å². The minimum atomic E-state index is 0.344. The van der Waals surface area contributed by atoms with Crippen LogP contribution in [0.2, 0.25) is 0 Å². The predicted molar refractivity (Wildman–Crippen MR) is 82.5 cm³/mol. The number of benzene rings is 1. The molecule has 1 N–H and O–H groups in total. The first kappa shape index (κ1) is 14.5. The normalized spacial score (nSPS) is 19.6. The van der Waals surface area contributed by atoms with Crippen LogP contribution in [0, 0.1) is 13.8 Å². The second-order valence-corrected chi connectivity index (χ2v) is 5.95. The maximum Gasteiger partial charge on any atom is 0.0332 e. The molecule has 0 aromatic heterocycles. The summed E-state index contributed by atoms with van der Waals surface area (Å²) in [4.78, 5) is 2.69. The van der Waals surface area contributed by atoms with E-state index in [0.29, 0.717) is 5.54 Å². The van der Waals surface area contributed by atoms with Crippen LogP contribution in [0.25, 0.3) is 0 Å².